The minimum atomic E-state index is 0.257. The van der Waals surface area contributed by atoms with E-state index < -0.39 is 0 Å². The maximum absolute atomic E-state index is 8.82. The fraction of sp³-hybridized carbons (Fsp3) is 0.571. The van der Waals surface area contributed by atoms with Crippen LogP contribution in [0.3, 0.4) is 0 Å². The van der Waals surface area contributed by atoms with Crippen molar-refractivity contribution in [3.05, 3.63) is 29.8 Å². The molecule has 17 heavy (non-hydrogen) atoms. The zero-order valence-electron chi connectivity index (χ0n) is 10.4. The molecule has 1 aliphatic rings. The number of nitrogens with one attached hydrogen (secondary N) is 1. The van der Waals surface area contributed by atoms with Crippen molar-refractivity contribution in [2.45, 2.75) is 19.8 Å². The van der Waals surface area contributed by atoms with Crippen molar-refractivity contribution in [2.24, 2.45) is 5.41 Å². The van der Waals surface area contributed by atoms with Crippen molar-refractivity contribution in [1.29, 1.82) is 0 Å². The molecule has 1 aromatic rings. The molecule has 0 bridgehead atoms. The van der Waals surface area contributed by atoms with E-state index in [1.807, 2.05) is 0 Å². The number of aliphatic hydroxyl groups is 1. The molecule has 0 aromatic heterocycles. The predicted molar refractivity (Wildman–Crippen MR) is 69.3 cm³/mol. The van der Waals surface area contributed by atoms with Gasteiger partial charge in [0.25, 0.3) is 0 Å². The Morgan fingerprint density at radius 1 is 1.41 bits per heavy atom. The van der Waals surface area contributed by atoms with Crippen molar-refractivity contribution in [3.63, 3.8) is 0 Å². The second-order valence-corrected chi connectivity index (χ2v) is 5.18. The number of aryl methyl sites for hydroxylation is 1. The molecule has 0 atom stereocenters. The lowest BCUT2D eigenvalue weighted by Crippen LogP contribution is -2.45. The molecule has 0 aliphatic carbocycles. The summed E-state index contributed by atoms with van der Waals surface area (Å²) in [4.78, 5) is 0. The van der Waals surface area contributed by atoms with Gasteiger partial charge in [0, 0.05) is 24.3 Å². The van der Waals surface area contributed by atoms with Crippen molar-refractivity contribution in [2.75, 3.05) is 31.7 Å². The molecular weight excluding hydrogens is 214 g/mol. The molecule has 3 nitrogen and oxygen atoms in total. The van der Waals surface area contributed by atoms with Gasteiger partial charge in [0.1, 0.15) is 0 Å². The van der Waals surface area contributed by atoms with Gasteiger partial charge in [-0.15, -0.1) is 0 Å². The zero-order chi connectivity index (χ0) is 12.1. The normalized spacial score (nSPS) is 17.5. The summed E-state index contributed by atoms with van der Waals surface area (Å²) in [5, 5.41) is 12.3. The van der Waals surface area contributed by atoms with Crippen LogP contribution in [0.2, 0.25) is 0 Å². The summed E-state index contributed by atoms with van der Waals surface area (Å²) in [6.45, 7) is 5.15. The first-order valence-electron chi connectivity index (χ1n) is 6.23. The van der Waals surface area contributed by atoms with Crippen LogP contribution in [-0.2, 0) is 11.2 Å². The second-order valence-electron chi connectivity index (χ2n) is 5.18. The minimum Gasteiger partial charge on any atom is -0.396 e. The summed E-state index contributed by atoms with van der Waals surface area (Å²) in [5.74, 6) is 0. The monoisotopic (exact) mass is 235 g/mol. The maximum Gasteiger partial charge on any atom is 0.0559 e. The minimum absolute atomic E-state index is 0.257. The van der Waals surface area contributed by atoms with E-state index in [-0.39, 0.29) is 6.61 Å². The molecule has 2 rings (SSSR count). The lowest BCUT2D eigenvalue weighted by Gasteiger charge is -2.38. The van der Waals surface area contributed by atoms with E-state index in [0.29, 0.717) is 5.41 Å². The Bertz CT molecular complexity index is 361. The first-order valence-corrected chi connectivity index (χ1v) is 6.23. The third-order valence-corrected chi connectivity index (χ3v) is 3.17. The molecule has 0 radical (unpaired) electrons. The van der Waals surface area contributed by atoms with Crippen LogP contribution in [0.5, 0.6) is 0 Å². The highest BCUT2D eigenvalue weighted by Gasteiger charge is 2.32. The Morgan fingerprint density at radius 3 is 2.88 bits per heavy atom. The average molecular weight is 235 g/mol. The molecule has 0 saturated carbocycles. The molecule has 1 fully saturated rings. The van der Waals surface area contributed by atoms with Gasteiger partial charge < -0.3 is 15.2 Å². The lowest BCUT2D eigenvalue weighted by atomic mass is 9.88. The van der Waals surface area contributed by atoms with Gasteiger partial charge in [-0.25, -0.2) is 0 Å². The highest BCUT2D eigenvalue weighted by atomic mass is 16.5. The van der Waals surface area contributed by atoms with Crippen LogP contribution in [0.1, 0.15) is 18.9 Å². The van der Waals surface area contributed by atoms with E-state index in [0.717, 1.165) is 38.3 Å². The van der Waals surface area contributed by atoms with Crippen molar-refractivity contribution in [1.82, 2.24) is 0 Å². The van der Waals surface area contributed by atoms with E-state index in [2.05, 4.69) is 36.5 Å². The Morgan fingerprint density at radius 2 is 2.24 bits per heavy atom. The van der Waals surface area contributed by atoms with Gasteiger partial charge in [0.2, 0.25) is 0 Å². The Kier molecular flexibility index (Phi) is 4.02. The standard InChI is InChI=1S/C14H21NO2/c1-14(10-17-11-14)9-15-13-6-2-4-12(8-13)5-3-7-16/h2,4,6,8,15-16H,3,5,7,9-11H2,1H3. The molecule has 1 aliphatic heterocycles. The number of benzene rings is 1. The Balaban J connectivity index is 1.87. The summed E-state index contributed by atoms with van der Waals surface area (Å²) in [6, 6.07) is 8.42. The third-order valence-electron chi connectivity index (χ3n) is 3.17. The van der Waals surface area contributed by atoms with E-state index in [4.69, 9.17) is 9.84 Å². The molecule has 3 heteroatoms. The topological polar surface area (TPSA) is 41.5 Å². The molecule has 0 spiro atoms. The van der Waals surface area contributed by atoms with Crippen molar-refractivity contribution < 1.29 is 9.84 Å². The second kappa shape index (κ2) is 5.52. The van der Waals surface area contributed by atoms with Crippen molar-refractivity contribution in [3.8, 4) is 0 Å². The number of hydrogen-bond donors (Lipinski definition) is 2. The summed E-state index contributed by atoms with van der Waals surface area (Å²) < 4.78 is 5.24. The van der Waals surface area contributed by atoms with Crippen LogP contribution < -0.4 is 5.32 Å². The summed E-state index contributed by atoms with van der Waals surface area (Å²) in [7, 11) is 0. The van der Waals surface area contributed by atoms with Gasteiger partial charge in [-0.2, -0.15) is 0 Å². The molecule has 2 N–H and O–H groups in total. The molecule has 0 amide bonds. The van der Waals surface area contributed by atoms with Crippen LogP contribution in [0.25, 0.3) is 0 Å². The zero-order valence-corrected chi connectivity index (χ0v) is 10.4. The molecule has 0 unspecified atom stereocenters. The SMILES string of the molecule is CC1(CNc2cccc(CCCO)c2)COC1. The van der Waals surface area contributed by atoms with E-state index in [1.54, 1.807) is 0 Å². The van der Waals surface area contributed by atoms with Gasteiger partial charge in [-0.05, 0) is 30.5 Å². The summed E-state index contributed by atoms with van der Waals surface area (Å²) in [5.41, 5.74) is 2.73. The number of hydrogen-bond acceptors (Lipinski definition) is 3. The molecule has 1 saturated heterocycles. The van der Waals surface area contributed by atoms with E-state index >= 15 is 0 Å². The first kappa shape index (κ1) is 12.4. The van der Waals surface area contributed by atoms with Gasteiger partial charge in [0.15, 0.2) is 0 Å². The quantitative estimate of drug-likeness (QED) is 0.793. The predicted octanol–water partition coefficient (Wildman–Crippen LogP) is 2.06. The van der Waals surface area contributed by atoms with Crippen LogP contribution in [0.4, 0.5) is 5.69 Å². The van der Waals surface area contributed by atoms with Gasteiger partial charge in [-0.3, -0.25) is 0 Å². The fourth-order valence-corrected chi connectivity index (χ4v) is 1.99. The number of rotatable bonds is 6. The summed E-state index contributed by atoms with van der Waals surface area (Å²) in [6.07, 6.45) is 1.77. The smallest absolute Gasteiger partial charge is 0.0559 e. The number of anilines is 1. The Hall–Kier alpha value is -1.06. The van der Waals surface area contributed by atoms with Gasteiger partial charge in [0.05, 0.1) is 13.2 Å². The number of ether oxygens (including phenoxy) is 1. The third kappa shape index (κ3) is 3.45. The largest absolute Gasteiger partial charge is 0.396 e. The maximum atomic E-state index is 8.82. The number of aliphatic hydroxyl groups excluding tert-OH is 1. The van der Waals surface area contributed by atoms with Crippen LogP contribution in [0, 0.1) is 5.41 Å². The van der Waals surface area contributed by atoms with Gasteiger partial charge in [-0.1, -0.05) is 19.1 Å². The Labute approximate surface area is 103 Å². The van der Waals surface area contributed by atoms with E-state index in [9.17, 15) is 0 Å². The van der Waals surface area contributed by atoms with Crippen LogP contribution in [0.15, 0.2) is 24.3 Å². The average Bonchev–Trinajstić information content (AvgIpc) is 2.32. The van der Waals surface area contributed by atoms with E-state index in [1.165, 1.54) is 5.56 Å². The van der Waals surface area contributed by atoms with Crippen LogP contribution >= 0.6 is 0 Å². The van der Waals surface area contributed by atoms with Gasteiger partial charge >= 0.3 is 0 Å². The fourth-order valence-electron chi connectivity index (χ4n) is 1.99. The highest BCUT2D eigenvalue weighted by molar-refractivity contribution is 5.46. The molecule has 1 heterocycles. The summed E-state index contributed by atoms with van der Waals surface area (Å²) >= 11 is 0. The molecule has 1 aromatic carbocycles. The molecular formula is C14H21NO2. The van der Waals surface area contributed by atoms with Crippen molar-refractivity contribution >= 4 is 5.69 Å². The highest BCUT2D eigenvalue weighted by Crippen LogP contribution is 2.26. The van der Waals surface area contributed by atoms with Crippen LogP contribution in [-0.4, -0.2) is 31.5 Å². The lowest BCUT2D eigenvalue weighted by molar-refractivity contribution is -0.0924. The molecule has 94 valence electrons. The first-order chi connectivity index (χ1) is 8.22.